The molecule has 0 atom stereocenters. The fourth-order valence-electron chi connectivity index (χ4n) is 7.73. The second kappa shape index (κ2) is 11.4. The van der Waals surface area contributed by atoms with Gasteiger partial charge in [0.1, 0.15) is 28.8 Å². The monoisotopic (exact) mass is 554 g/mol. The van der Waals surface area contributed by atoms with E-state index in [4.69, 9.17) is 0 Å². The van der Waals surface area contributed by atoms with E-state index in [1.807, 2.05) is 0 Å². The van der Waals surface area contributed by atoms with Gasteiger partial charge >= 0.3 is 6.18 Å². The minimum absolute atomic E-state index is 0.129. The molecule has 3 aliphatic carbocycles. The fourth-order valence-corrected chi connectivity index (χ4v) is 7.73. The van der Waals surface area contributed by atoms with Gasteiger partial charge < -0.3 is 0 Å². The van der Waals surface area contributed by atoms with Crippen molar-refractivity contribution >= 4 is 0 Å². The smallest absolute Gasteiger partial charge is 0.207 e. The van der Waals surface area contributed by atoms with E-state index in [0.29, 0.717) is 30.6 Å². The van der Waals surface area contributed by atoms with Crippen molar-refractivity contribution in [2.24, 2.45) is 17.8 Å². The summed E-state index contributed by atoms with van der Waals surface area (Å²) in [5.74, 6) is -2.48. The van der Waals surface area contributed by atoms with E-state index in [2.05, 4.69) is 6.92 Å². The highest BCUT2D eigenvalue weighted by Gasteiger charge is 2.39. The predicted octanol–water partition coefficient (Wildman–Crippen LogP) is 10.8. The van der Waals surface area contributed by atoms with Crippen LogP contribution in [-0.4, -0.2) is 0 Å². The van der Waals surface area contributed by atoms with Crippen LogP contribution in [0, 0.1) is 41.0 Å². The summed E-state index contributed by atoms with van der Waals surface area (Å²) < 4.78 is 97.2. The van der Waals surface area contributed by atoms with Gasteiger partial charge in [-0.1, -0.05) is 19.8 Å². The maximum Gasteiger partial charge on any atom is 0.422 e. The number of hydrogen-bond donors (Lipinski definition) is 0. The summed E-state index contributed by atoms with van der Waals surface area (Å²) in [6.45, 7) is 2.23. The highest BCUT2D eigenvalue weighted by molar-refractivity contribution is 5.32. The van der Waals surface area contributed by atoms with Gasteiger partial charge in [0.05, 0.1) is 0 Å². The minimum Gasteiger partial charge on any atom is -0.207 e. The van der Waals surface area contributed by atoms with Gasteiger partial charge in [-0.25, -0.2) is 17.6 Å². The first-order chi connectivity index (χ1) is 18.5. The molecule has 3 saturated carbocycles. The van der Waals surface area contributed by atoms with E-state index in [1.54, 1.807) is 12.1 Å². The summed E-state index contributed by atoms with van der Waals surface area (Å²) in [6.07, 6.45) is 5.31. The lowest BCUT2D eigenvalue weighted by Crippen LogP contribution is -2.25. The van der Waals surface area contributed by atoms with Gasteiger partial charge in [0.15, 0.2) is 0 Å². The molecule has 0 aromatic heterocycles. The third kappa shape index (κ3) is 6.17. The first-order valence-electron chi connectivity index (χ1n) is 14.6. The van der Waals surface area contributed by atoms with Crippen LogP contribution in [0.2, 0.25) is 0 Å². The van der Waals surface area contributed by atoms with E-state index in [9.17, 15) is 22.0 Å². The Labute approximate surface area is 226 Å². The van der Waals surface area contributed by atoms with Gasteiger partial charge in [0, 0.05) is 5.56 Å². The molecule has 0 nitrogen and oxygen atoms in total. The Kier molecular flexibility index (Phi) is 8.36. The lowest BCUT2D eigenvalue weighted by Gasteiger charge is -2.38. The van der Waals surface area contributed by atoms with Crippen LogP contribution < -0.4 is 0 Å². The van der Waals surface area contributed by atoms with E-state index in [1.165, 1.54) is 0 Å². The van der Waals surface area contributed by atoms with Crippen molar-refractivity contribution in [2.75, 3.05) is 0 Å². The van der Waals surface area contributed by atoms with Crippen LogP contribution in [0.5, 0.6) is 0 Å². The summed E-state index contributed by atoms with van der Waals surface area (Å²) in [6, 6.07) is 4.81. The number of alkyl halides is 3. The number of hydrogen-bond acceptors (Lipinski definition) is 0. The Balaban J connectivity index is 1.16. The molecule has 0 saturated heterocycles. The molecule has 0 bridgehead atoms. The van der Waals surface area contributed by atoms with Crippen LogP contribution in [0.4, 0.5) is 30.7 Å². The fraction of sp³-hybridized carbons (Fsp3) is 0.625. The first kappa shape index (κ1) is 28.5. The Morgan fingerprint density at radius 1 is 0.513 bits per heavy atom. The molecule has 0 aliphatic heterocycles. The zero-order valence-electron chi connectivity index (χ0n) is 22.4. The molecule has 0 spiro atoms. The molecule has 0 N–H and O–H groups in total. The lowest BCUT2D eigenvalue weighted by atomic mass is 9.67. The molecule has 0 heterocycles. The Morgan fingerprint density at radius 3 is 1.28 bits per heavy atom. The van der Waals surface area contributed by atoms with Crippen molar-refractivity contribution in [1.82, 2.24) is 0 Å². The van der Waals surface area contributed by atoms with Crippen molar-refractivity contribution < 1.29 is 30.7 Å². The summed E-state index contributed by atoms with van der Waals surface area (Å²) in [5.41, 5.74) is -0.518. The SMILES string of the molecule is CC1CCC(c2cc(F)c(C3CCC(C4CCC(c5cc(F)c(C(F)(F)F)c(F)c5)CC4)CC3)c(F)c2)CC1. The van der Waals surface area contributed by atoms with Crippen LogP contribution in [0.25, 0.3) is 0 Å². The van der Waals surface area contributed by atoms with Gasteiger partial charge in [-0.05, 0) is 135 Å². The van der Waals surface area contributed by atoms with Crippen LogP contribution in [-0.2, 0) is 6.18 Å². The van der Waals surface area contributed by atoms with Gasteiger partial charge in [0.2, 0.25) is 0 Å². The summed E-state index contributed by atoms with van der Waals surface area (Å²) in [4.78, 5) is 0. The topological polar surface area (TPSA) is 0 Å². The standard InChI is InChI=1S/C32H37F7/c1-18-2-4-21(5-3-18)24-14-26(33)30(27(34)15-24)23-12-10-20(11-13-23)19-6-8-22(9-7-19)25-16-28(35)31(29(36)17-25)32(37,38)39/h14-23H,2-13H2,1H3. The van der Waals surface area contributed by atoms with Crippen molar-refractivity contribution in [1.29, 1.82) is 0 Å². The molecule has 39 heavy (non-hydrogen) atoms. The summed E-state index contributed by atoms with van der Waals surface area (Å²) >= 11 is 0. The Hall–Kier alpha value is -2.05. The van der Waals surface area contributed by atoms with Crippen LogP contribution >= 0.6 is 0 Å². The van der Waals surface area contributed by atoms with Crippen molar-refractivity contribution in [2.45, 2.75) is 108 Å². The van der Waals surface area contributed by atoms with Crippen LogP contribution in [0.1, 0.15) is 124 Å². The molecule has 3 aliphatic rings. The number of rotatable bonds is 4. The van der Waals surface area contributed by atoms with Crippen molar-refractivity contribution in [3.8, 4) is 0 Å². The molecule has 2 aromatic carbocycles. The normalized spacial score (nSPS) is 30.4. The quantitative estimate of drug-likeness (QED) is 0.330. The van der Waals surface area contributed by atoms with E-state index < -0.39 is 35.0 Å². The van der Waals surface area contributed by atoms with Crippen LogP contribution in [0.3, 0.4) is 0 Å². The largest absolute Gasteiger partial charge is 0.422 e. The number of halogens is 7. The molecule has 0 radical (unpaired) electrons. The summed E-state index contributed by atoms with van der Waals surface area (Å²) in [7, 11) is 0. The van der Waals surface area contributed by atoms with E-state index in [0.717, 1.165) is 81.9 Å². The minimum atomic E-state index is -5.06. The van der Waals surface area contributed by atoms with Gasteiger partial charge in [-0.3, -0.25) is 0 Å². The molecule has 7 heteroatoms. The summed E-state index contributed by atoms with van der Waals surface area (Å²) in [5, 5.41) is 0. The van der Waals surface area contributed by atoms with Crippen molar-refractivity contribution in [3.05, 3.63) is 69.8 Å². The third-order valence-electron chi connectivity index (χ3n) is 10.0. The Morgan fingerprint density at radius 2 is 0.872 bits per heavy atom. The number of benzene rings is 2. The molecule has 214 valence electrons. The lowest BCUT2D eigenvalue weighted by molar-refractivity contribution is -0.142. The molecule has 0 amide bonds. The van der Waals surface area contributed by atoms with Gasteiger partial charge in [-0.2, -0.15) is 13.2 Å². The first-order valence-corrected chi connectivity index (χ1v) is 14.6. The second-order valence-corrected chi connectivity index (χ2v) is 12.4. The molecule has 5 rings (SSSR count). The van der Waals surface area contributed by atoms with Crippen LogP contribution in [0.15, 0.2) is 24.3 Å². The average molecular weight is 555 g/mol. The van der Waals surface area contributed by atoms with Crippen molar-refractivity contribution in [3.63, 3.8) is 0 Å². The zero-order chi connectivity index (χ0) is 27.9. The van der Waals surface area contributed by atoms with E-state index >= 15 is 8.78 Å². The third-order valence-corrected chi connectivity index (χ3v) is 10.0. The van der Waals surface area contributed by atoms with Gasteiger partial charge in [0.25, 0.3) is 0 Å². The predicted molar refractivity (Wildman–Crippen MR) is 137 cm³/mol. The Bertz CT molecular complexity index is 1100. The molecule has 3 fully saturated rings. The van der Waals surface area contributed by atoms with Gasteiger partial charge in [-0.15, -0.1) is 0 Å². The second-order valence-electron chi connectivity index (χ2n) is 12.4. The highest BCUT2D eigenvalue weighted by Crippen LogP contribution is 2.47. The molecular weight excluding hydrogens is 517 g/mol. The average Bonchev–Trinajstić information content (AvgIpc) is 2.88. The maximum atomic E-state index is 15.2. The molecular formula is C32H37F7. The molecule has 0 unspecified atom stereocenters. The maximum absolute atomic E-state index is 15.2. The molecule has 2 aromatic rings. The zero-order valence-corrected chi connectivity index (χ0v) is 22.4. The highest BCUT2D eigenvalue weighted by atomic mass is 19.4. The van der Waals surface area contributed by atoms with E-state index in [-0.39, 0.29) is 28.9 Å².